The minimum absolute atomic E-state index is 0.00468. The van der Waals surface area contributed by atoms with Gasteiger partial charge in [-0.15, -0.1) is 0 Å². The first-order valence-corrected chi connectivity index (χ1v) is 11.6. The number of hydrogen-bond donors (Lipinski definition) is 3. The van der Waals surface area contributed by atoms with Crippen molar-refractivity contribution in [3.63, 3.8) is 0 Å². The van der Waals surface area contributed by atoms with Crippen molar-refractivity contribution in [1.29, 1.82) is 0 Å². The maximum absolute atomic E-state index is 12.5. The summed E-state index contributed by atoms with van der Waals surface area (Å²) in [5, 5.41) is 15.9. The number of nitro benzene ring substituents is 1. The van der Waals surface area contributed by atoms with E-state index in [4.69, 9.17) is 12.2 Å². The van der Waals surface area contributed by atoms with E-state index >= 15 is 0 Å². The van der Waals surface area contributed by atoms with Crippen LogP contribution in [0.3, 0.4) is 0 Å². The van der Waals surface area contributed by atoms with Gasteiger partial charge < -0.3 is 5.32 Å². The molecule has 33 heavy (non-hydrogen) atoms. The fraction of sp³-hybridized carbons (Fsp3) is 0.0909. The Morgan fingerprint density at radius 1 is 0.939 bits per heavy atom. The maximum atomic E-state index is 12.5. The molecule has 0 unspecified atom stereocenters. The van der Waals surface area contributed by atoms with Gasteiger partial charge in [0, 0.05) is 29.9 Å². The quantitative estimate of drug-likeness (QED) is 0.254. The Labute approximate surface area is 196 Å². The van der Waals surface area contributed by atoms with Gasteiger partial charge in [-0.1, -0.05) is 30.3 Å². The Bertz CT molecular complexity index is 1250. The number of thiocarbonyl (C=S) groups is 1. The van der Waals surface area contributed by atoms with Gasteiger partial charge in [-0.05, 0) is 60.6 Å². The van der Waals surface area contributed by atoms with Gasteiger partial charge in [0.2, 0.25) is 10.0 Å². The van der Waals surface area contributed by atoms with Crippen LogP contribution >= 0.6 is 12.2 Å². The van der Waals surface area contributed by atoms with Crippen LogP contribution in [0, 0.1) is 10.1 Å². The molecule has 0 radical (unpaired) electrons. The third kappa shape index (κ3) is 6.91. The number of rotatable bonds is 8. The SMILES string of the molecule is O=C(NC(=S)Nc1ccc(S(=O)(=O)NCCc2ccccc2)cc1)c1ccc([N+](=O)[O-])cc1. The number of benzene rings is 3. The fourth-order valence-corrected chi connectivity index (χ4v) is 4.09. The Morgan fingerprint density at radius 3 is 2.18 bits per heavy atom. The highest BCUT2D eigenvalue weighted by molar-refractivity contribution is 7.89. The second-order valence-electron chi connectivity index (χ2n) is 6.87. The van der Waals surface area contributed by atoms with E-state index in [1.807, 2.05) is 30.3 Å². The van der Waals surface area contributed by atoms with Crippen LogP contribution in [-0.4, -0.2) is 30.9 Å². The molecule has 0 aliphatic carbocycles. The number of nitro groups is 1. The molecular weight excluding hydrogens is 464 g/mol. The van der Waals surface area contributed by atoms with Gasteiger partial charge in [0.15, 0.2) is 5.11 Å². The van der Waals surface area contributed by atoms with Gasteiger partial charge >= 0.3 is 0 Å². The Morgan fingerprint density at radius 2 is 1.58 bits per heavy atom. The second kappa shape index (κ2) is 10.8. The number of anilines is 1. The average Bonchev–Trinajstić information content (AvgIpc) is 2.80. The van der Waals surface area contributed by atoms with E-state index in [-0.39, 0.29) is 27.8 Å². The van der Waals surface area contributed by atoms with Gasteiger partial charge in [0.05, 0.1) is 9.82 Å². The lowest BCUT2D eigenvalue weighted by atomic mass is 10.2. The van der Waals surface area contributed by atoms with Gasteiger partial charge in [-0.2, -0.15) is 0 Å². The molecule has 170 valence electrons. The lowest BCUT2D eigenvalue weighted by Gasteiger charge is -2.11. The molecule has 3 N–H and O–H groups in total. The molecule has 9 nitrogen and oxygen atoms in total. The summed E-state index contributed by atoms with van der Waals surface area (Å²) >= 11 is 5.11. The van der Waals surface area contributed by atoms with Crippen molar-refractivity contribution in [3.05, 3.63) is 100 Å². The second-order valence-corrected chi connectivity index (χ2v) is 9.05. The van der Waals surface area contributed by atoms with Crippen LogP contribution in [0.1, 0.15) is 15.9 Å². The van der Waals surface area contributed by atoms with Crippen LogP contribution in [-0.2, 0) is 16.4 Å². The van der Waals surface area contributed by atoms with E-state index in [0.29, 0.717) is 12.1 Å². The molecule has 0 saturated carbocycles. The Hall–Kier alpha value is -3.67. The molecule has 11 heteroatoms. The van der Waals surface area contributed by atoms with Crippen molar-refractivity contribution in [2.24, 2.45) is 0 Å². The smallest absolute Gasteiger partial charge is 0.269 e. The maximum Gasteiger partial charge on any atom is 0.269 e. The number of nitrogens with one attached hydrogen (secondary N) is 3. The molecule has 0 aromatic heterocycles. The van der Waals surface area contributed by atoms with Crippen LogP contribution in [0.15, 0.2) is 83.8 Å². The number of nitrogens with zero attached hydrogens (tertiary/aromatic N) is 1. The van der Waals surface area contributed by atoms with Gasteiger partial charge in [0.1, 0.15) is 0 Å². The van der Waals surface area contributed by atoms with Crippen molar-refractivity contribution < 1.29 is 18.1 Å². The standard InChI is InChI=1S/C22H20N4O5S2/c27-21(17-6-10-19(11-7-17)26(28)29)25-22(32)24-18-8-12-20(13-9-18)33(30,31)23-15-14-16-4-2-1-3-5-16/h1-13,23H,14-15H2,(H2,24,25,27,32). The molecule has 0 fully saturated rings. The highest BCUT2D eigenvalue weighted by Crippen LogP contribution is 2.15. The normalized spacial score (nSPS) is 10.9. The molecule has 0 saturated heterocycles. The summed E-state index contributed by atoms with van der Waals surface area (Å²) in [6.45, 7) is 0.269. The van der Waals surface area contributed by atoms with E-state index in [9.17, 15) is 23.3 Å². The van der Waals surface area contributed by atoms with Crippen molar-refractivity contribution in [1.82, 2.24) is 10.0 Å². The third-order valence-electron chi connectivity index (χ3n) is 4.54. The molecule has 0 heterocycles. The van der Waals surface area contributed by atoms with Crippen molar-refractivity contribution >= 4 is 44.6 Å². The van der Waals surface area contributed by atoms with E-state index < -0.39 is 20.9 Å². The summed E-state index contributed by atoms with van der Waals surface area (Å²) < 4.78 is 27.5. The first-order valence-electron chi connectivity index (χ1n) is 9.75. The van der Waals surface area contributed by atoms with Gasteiger partial charge in [-0.3, -0.25) is 20.2 Å². The molecule has 0 aliphatic rings. The first kappa shape index (κ1) is 24.0. The minimum Gasteiger partial charge on any atom is -0.332 e. The molecule has 0 spiro atoms. The summed E-state index contributed by atoms with van der Waals surface area (Å²) in [6, 6.07) is 20.5. The minimum atomic E-state index is -3.67. The Balaban J connectivity index is 1.53. The molecule has 3 aromatic carbocycles. The van der Waals surface area contributed by atoms with E-state index in [1.165, 1.54) is 48.5 Å². The van der Waals surface area contributed by atoms with E-state index in [0.717, 1.165) is 5.56 Å². The lowest BCUT2D eigenvalue weighted by molar-refractivity contribution is -0.384. The zero-order valence-corrected chi connectivity index (χ0v) is 18.9. The number of non-ortho nitro benzene ring substituents is 1. The predicted octanol–water partition coefficient (Wildman–Crippen LogP) is 3.24. The summed E-state index contributed by atoms with van der Waals surface area (Å²) in [5.74, 6) is -0.538. The predicted molar refractivity (Wildman–Crippen MR) is 129 cm³/mol. The number of carbonyl (C=O) groups excluding carboxylic acids is 1. The molecule has 0 bridgehead atoms. The van der Waals surface area contributed by atoms with E-state index in [2.05, 4.69) is 15.4 Å². The highest BCUT2D eigenvalue weighted by Gasteiger charge is 2.14. The third-order valence-corrected chi connectivity index (χ3v) is 6.22. The summed E-state index contributed by atoms with van der Waals surface area (Å²) in [5.41, 5.74) is 1.58. The highest BCUT2D eigenvalue weighted by atomic mass is 32.2. The van der Waals surface area contributed by atoms with Crippen LogP contribution in [0.25, 0.3) is 0 Å². The topological polar surface area (TPSA) is 130 Å². The summed E-state index contributed by atoms with van der Waals surface area (Å²) in [6.07, 6.45) is 0.572. The van der Waals surface area contributed by atoms with Crippen LogP contribution in [0.2, 0.25) is 0 Å². The molecular formula is C22H20N4O5S2. The summed E-state index contributed by atoms with van der Waals surface area (Å²) in [7, 11) is -3.67. The lowest BCUT2D eigenvalue weighted by Crippen LogP contribution is -2.34. The van der Waals surface area contributed by atoms with Gasteiger partial charge in [0.25, 0.3) is 11.6 Å². The number of carbonyl (C=O) groups is 1. The molecule has 1 amide bonds. The largest absolute Gasteiger partial charge is 0.332 e. The Kier molecular flexibility index (Phi) is 7.83. The van der Waals surface area contributed by atoms with Crippen LogP contribution in [0.4, 0.5) is 11.4 Å². The zero-order chi connectivity index (χ0) is 23.8. The first-order chi connectivity index (χ1) is 15.7. The number of hydrogen-bond acceptors (Lipinski definition) is 6. The van der Waals surface area contributed by atoms with Crippen LogP contribution < -0.4 is 15.4 Å². The van der Waals surface area contributed by atoms with Crippen molar-refractivity contribution in [2.75, 3.05) is 11.9 Å². The zero-order valence-electron chi connectivity index (χ0n) is 17.2. The van der Waals surface area contributed by atoms with Gasteiger partial charge in [-0.25, -0.2) is 13.1 Å². The monoisotopic (exact) mass is 484 g/mol. The molecule has 0 aliphatic heterocycles. The van der Waals surface area contributed by atoms with E-state index in [1.54, 1.807) is 0 Å². The number of amides is 1. The molecule has 3 aromatic rings. The average molecular weight is 485 g/mol. The van der Waals surface area contributed by atoms with Crippen molar-refractivity contribution in [2.45, 2.75) is 11.3 Å². The number of sulfonamides is 1. The summed E-state index contributed by atoms with van der Waals surface area (Å²) in [4.78, 5) is 22.5. The fourth-order valence-electron chi connectivity index (χ4n) is 2.85. The molecule has 3 rings (SSSR count). The van der Waals surface area contributed by atoms with Crippen molar-refractivity contribution in [3.8, 4) is 0 Å². The van der Waals surface area contributed by atoms with Crippen LogP contribution in [0.5, 0.6) is 0 Å². The molecule has 0 atom stereocenters.